The van der Waals surface area contributed by atoms with Crippen LogP contribution in [0.15, 0.2) is 279 Å². The van der Waals surface area contributed by atoms with Crippen molar-refractivity contribution < 1.29 is 0 Å². The summed E-state index contributed by atoms with van der Waals surface area (Å²) in [4.78, 5) is 2.37. The molecule has 2 heteroatoms. The number of benzene rings is 11. The third-order valence-electron chi connectivity index (χ3n) is 13.2. The molecule has 0 aliphatic carbocycles. The fourth-order valence-corrected chi connectivity index (χ4v) is 9.83. The average Bonchev–Trinajstić information content (AvgIpc) is 3.77. The first-order valence-corrected chi connectivity index (χ1v) is 23.3. The van der Waals surface area contributed by atoms with Crippen molar-refractivity contribution in [3.8, 4) is 72.4 Å². The van der Waals surface area contributed by atoms with E-state index in [0.29, 0.717) is 0 Å². The lowest BCUT2D eigenvalue weighted by atomic mass is 9.95. The van der Waals surface area contributed by atoms with Crippen LogP contribution in [0.5, 0.6) is 0 Å². The molecule has 2 nitrogen and oxygen atoms in total. The molecular formula is C66H46N2. The number of nitrogens with zero attached hydrogens (tertiary/aromatic N) is 2. The van der Waals surface area contributed by atoms with Gasteiger partial charge in [-0.05, 0) is 133 Å². The van der Waals surface area contributed by atoms with E-state index in [2.05, 4.69) is 289 Å². The van der Waals surface area contributed by atoms with Gasteiger partial charge in [-0.3, -0.25) is 0 Å². The van der Waals surface area contributed by atoms with E-state index in [0.717, 1.165) is 33.9 Å². The van der Waals surface area contributed by atoms with Gasteiger partial charge >= 0.3 is 0 Å². The molecule has 0 aliphatic heterocycles. The van der Waals surface area contributed by atoms with Gasteiger partial charge in [-0.25, -0.2) is 0 Å². The number of para-hydroxylation sites is 1. The maximum atomic E-state index is 2.41. The van der Waals surface area contributed by atoms with Crippen molar-refractivity contribution in [2.45, 2.75) is 0 Å². The molecule has 0 unspecified atom stereocenters. The fourth-order valence-electron chi connectivity index (χ4n) is 9.83. The first kappa shape index (κ1) is 40.5. The Kier molecular flexibility index (Phi) is 10.6. The molecule has 0 fully saturated rings. The number of anilines is 3. The van der Waals surface area contributed by atoms with Crippen LogP contribution in [-0.2, 0) is 0 Å². The number of hydrogen-bond acceptors (Lipinski definition) is 1. The molecule has 0 N–H and O–H groups in total. The lowest BCUT2D eigenvalue weighted by Gasteiger charge is -2.26. The largest absolute Gasteiger partial charge is 0.310 e. The topological polar surface area (TPSA) is 8.17 Å². The molecule has 68 heavy (non-hydrogen) atoms. The Bertz CT molecular complexity index is 3670. The monoisotopic (exact) mass is 866 g/mol. The summed E-state index contributed by atoms with van der Waals surface area (Å²) in [7, 11) is 0. The zero-order valence-electron chi connectivity index (χ0n) is 37.5. The Labute approximate surface area is 397 Å². The van der Waals surface area contributed by atoms with Crippen LogP contribution in [0.4, 0.5) is 17.1 Å². The molecule has 1 heterocycles. The van der Waals surface area contributed by atoms with Crippen molar-refractivity contribution in [2.75, 3.05) is 4.90 Å². The normalized spacial score (nSPS) is 11.2. The molecule has 0 radical (unpaired) electrons. The van der Waals surface area contributed by atoms with E-state index in [1.807, 2.05) is 0 Å². The van der Waals surface area contributed by atoms with E-state index in [9.17, 15) is 0 Å². The minimum absolute atomic E-state index is 1.09. The van der Waals surface area contributed by atoms with Crippen molar-refractivity contribution in [2.24, 2.45) is 0 Å². The average molecular weight is 867 g/mol. The van der Waals surface area contributed by atoms with E-state index >= 15 is 0 Å². The number of aromatic nitrogens is 1. The van der Waals surface area contributed by atoms with Gasteiger partial charge in [0.2, 0.25) is 0 Å². The third-order valence-corrected chi connectivity index (χ3v) is 13.2. The van der Waals surface area contributed by atoms with Crippen molar-refractivity contribution in [1.82, 2.24) is 4.57 Å². The first-order chi connectivity index (χ1) is 33.7. The molecule has 0 saturated heterocycles. The highest BCUT2D eigenvalue weighted by atomic mass is 15.1. The van der Waals surface area contributed by atoms with Crippen molar-refractivity contribution in [1.29, 1.82) is 0 Å². The summed E-state index contributed by atoms with van der Waals surface area (Å²) in [6.45, 7) is 0. The van der Waals surface area contributed by atoms with Gasteiger partial charge in [0.15, 0.2) is 0 Å². The molecule has 0 saturated carbocycles. The van der Waals surface area contributed by atoms with E-state index in [4.69, 9.17) is 0 Å². The molecule has 0 spiro atoms. The van der Waals surface area contributed by atoms with Crippen LogP contribution in [0.25, 0.3) is 94.3 Å². The highest BCUT2D eigenvalue weighted by Gasteiger charge is 2.18. The van der Waals surface area contributed by atoms with Crippen molar-refractivity contribution in [3.63, 3.8) is 0 Å². The molecule has 0 aliphatic rings. The molecule has 1 aromatic heterocycles. The molecule has 12 rings (SSSR count). The summed E-state index contributed by atoms with van der Waals surface area (Å²) >= 11 is 0. The van der Waals surface area contributed by atoms with Gasteiger partial charge in [0.1, 0.15) is 0 Å². The molecule has 0 bridgehead atoms. The fraction of sp³-hybridized carbons (Fsp3) is 0. The van der Waals surface area contributed by atoms with Gasteiger partial charge in [0.05, 0.1) is 11.0 Å². The SMILES string of the molecule is c1ccc(-c2ccc(-c3ccc(N(c4ccc(-c5ccccc5)cc4)c4cccc(-c5cccc(-c6cccc7c6c6ccccc6n7-c6ccc(-c7ccccc7)cc6)c5)c4)cc3)cc2)cc1. The van der Waals surface area contributed by atoms with Gasteiger partial charge in [-0.2, -0.15) is 0 Å². The maximum absolute atomic E-state index is 2.41. The summed E-state index contributed by atoms with van der Waals surface area (Å²) in [5, 5.41) is 2.49. The third kappa shape index (κ3) is 7.74. The second kappa shape index (κ2) is 17.8. The summed E-state index contributed by atoms with van der Waals surface area (Å²) in [5.74, 6) is 0. The smallest absolute Gasteiger partial charge is 0.0547 e. The zero-order valence-corrected chi connectivity index (χ0v) is 37.5. The molecule has 0 atom stereocenters. The van der Waals surface area contributed by atoms with Crippen molar-refractivity contribution in [3.05, 3.63) is 279 Å². The lowest BCUT2D eigenvalue weighted by Crippen LogP contribution is -2.10. The number of hydrogen-bond donors (Lipinski definition) is 0. The van der Waals surface area contributed by atoms with Crippen LogP contribution in [-0.4, -0.2) is 4.57 Å². The Morgan fingerprint density at radius 2 is 0.618 bits per heavy atom. The highest BCUT2D eigenvalue weighted by molar-refractivity contribution is 6.16. The highest BCUT2D eigenvalue weighted by Crippen LogP contribution is 2.42. The Morgan fingerprint density at radius 1 is 0.235 bits per heavy atom. The Morgan fingerprint density at radius 3 is 1.16 bits per heavy atom. The van der Waals surface area contributed by atoms with E-state index in [1.165, 1.54) is 77.4 Å². The van der Waals surface area contributed by atoms with Crippen LogP contribution in [0.1, 0.15) is 0 Å². The predicted molar refractivity (Wildman–Crippen MR) is 288 cm³/mol. The Balaban J connectivity index is 0.910. The quantitative estimate of drug-likeness (QED) is 0.133. The second-order valence-corrected chi connectivity index (χ2v) is 17.3. The van der Waals surface area contributed by atoms with Crippen LogP contribution in [0.3, 0.4) is 0 Å². The summed E-state index contributed by atoms with van der Waals surface area (Å²) in [6, 6.07) is 101. The summed E-state index contributed by atoms with van der Waals surface area (Å²) < 4.78 is 2.41. The number of fused-ring (bicyclic) bond motifs is 3. The zero-order chi connectivity index (χ0) is 45.2. The molecule has 12 aromatic rings. The summed E-state index contributed by atoms with van der Waals surface area (Å²) in [6.07, 6.45) is 0. The van der Waals surface area contributed by atoms with Gasteiger partial charge in [0.25, 0.3) is 0 Å². The summed E-state index contributed by atoms with van der Waals surface area (Å²) in [5.41, 5.74) is 21.1. The van der Waals surface area contributed by atoms with Crippen LogP contribution < -0.4 is 4.90 Å². The van der Waals surface area contributed by atoms with Crippen molar-refractivity contribution >= 4 is 38.9 Å². The maximum Gasteiger partial charge on any atom is 0.0547 e. The van der Waals surface area contributed by atoms with Gasteiger partial charge in [-0.15, -0.1) is 0 Å². The van der Waals surface area contributed by atoms with Crippen LogP contribution >= 0.6 is 0 Å². The molecule has 0 amide bonds. The molecule has 320 valence electrons. The minimum Gasteiger partial charge on any atom is -0.310 e. The van der Waals surface area contributed by atoms with Gasteiger partial charge in [0, 0.05) is 33.5 Å². The molecule has 11 aromatic carbocycles. The van der Waals surface area contributed by atoms with E-state index in [1.54, 1.807) is 0 Å². The lowest BCUT2D eigenvalue weighted by molar-refractivity contribution is 1.18. The van der Waals surface area contributed by atoms with E-state index in [-0.39, 0.29) is 0 Å². The second-order valence-electron chi connectivity index (χ2n) is 17.3. The van der Waals surface area contributed by atoms with Crippen LogP contribution in [0, 0.1) is 0 Å². The number of rotatable bonds is 10. The first-order valence-electron chi connectivity index (χ1n) is 23.3. The molecular weight excluding hydrogens is 821 g/mol. The predicted octanol–water partition coefficient (Wildman–Crippen LogP) is 18.3. The Hall–Kier alpha value is -8.98. The van der Waals surface area contributed by atoms with E-state index < -0.39 is 0 Å². The minimum atomic E-state index is 1.09. The van der Waals surface area contributed by atoms with Gasteiger partial charge in [-0.1, -0.05) is 212 Å². The van der Waals surface area contributed by atoms with Gasteiger partial charge < -0.3 is 9.47 Å². The van der Waals surface area contributed by atoms with Crippen LogP contribution in [0.2, 0.25) is 0 Å². The standard InChI is InChI=1S/C66H46N2/c1-4-15-47(16-5-1)50-29-31-51(32-30-50)54-35-41-59(42-36-54)67(58-39-33-52(34-40-58)48-17-6-2-7-18-48)61-24-13-22-56(46-61)55-21-12-23-57(45-55)62-26-14-28-65-66(62)63-25-10-11-27-64(63)68(65)60-43-37-53(38-44-60)49-19-8-3-9-20-49/h1-46H.